The number of hydrogen-bond acceptors (Lipinski definition) is 5. The number of Topliss-reactive ketones (excluding diaryl/α,β-unsaturated/α-hetero) is 1. The third kappa shape index (κ3) is 6.04. The van der Waals surface area contributed by atoms with E-state index in [-0.39, 0.29) is 12.1 Å². The molecule has 9 heteroatoms. The van der Waals surface area contributed by atoms with Crippen molar-refractivity contribution in [2.24, 2.45) is 0 Å². The molecule has 0 fully saturated rings. The van der Waals surface area contributed by atoms with Gasteiger partial charge >= 0.3 is 0 Å². The Labute approximate surface area is 248 Å². The summed E-state index contributed by atoms with van der Waals surface area (Å²) in [5.74, 6) is -1.81. The number of carbonyl (C=O) groups excluding carboxylic acids is 4. The number of methoxy groups -OCH3 is 1. The van der Waals surface area contributed by atoms with Crippen molar-refractivity contribution in [3.8, 4) is 5.75 Å². The van der Waals surface area contributed by atoms with Gasteiger partial charge in [0.2, 0.25) is 5.91 Å². The second kappa shape index (κ2) is 12.3. The minimum atomic E-state index is -1.10. The molecular weight excluding hydrogens is 554 g/mol. The van der Waals surface area contributed by atoms with Crippen molar-refractivity contribution >= 4 is 46.5 Å². The quantitative estimate of drug-likeness (QED) is 0.260. The first-order valence-electron chi connectivity index (χ1n) is 13.3. The third-order valence-corrected chi connectivity index (χ3v) is 7.32. The lowest BCUT2D eigenvalue weighted by molar-refractivity contribution is -0.139. The Balaban J connectivity index is 1.54. The number of hydrogen-bond donors (Lipinski definition) is 1. The van der Waals surface area contributed by atoms with Gasteiger partial charge in [-0.3, -0.25) is 24.1 Å². The lowest BCUT2D eigenvalue weighted by Crippen LogP contribution is -2.46. The van der Waals surface area contributed by atoms with E-state index in [1.165, 1.54) is 9.80 Å². The highest BCUT2D eigenvalue weighted by atomic mass is 35.5. The van der Waals surface area contributed by atoms with Crippen LogP contribution in [0.15, 0.2) is 97.1 Å². The molecule has 0 bridgehead atoms. The first-order valence-corrected chi connectivity index (χ1v) is 13.6. The number of amides is 3. The standard InChI is InChI=1S/C33H28ClN3O5/c1-21-7-9-22(10-8-21)19-37(29(38)20-36-28-6-4-3-5-27(28)31(39)33(36)41)30(23-11-13-24(34)14-12-23)32(40)35-25-15-17-26(42-2)18-16-25/h3-18,30H,19-20H2,1-2H3,(H,35,40). The second-order valence-corrected chi connectivity index (χ2v) is 10.4. The fourth-order valence-corrected chi connectivity index (χ4v) is 4.97. The van der Waals surface area contributed by atoms with Crippen LogP contribution in [0.4, 0.5) is 11.4 Å². The molecule has 1 N–H and O–H groups in total. The number of anilines is 2. The smallest absolute Gasteiger partial charge is 0.299 e. The Bertz CT molecular complexity index is 1640. The molecule has 0 aliphatic carbocycles. The molecule has 0 saturated carbocycles. The van der Waals surface area contributed by atoms with Gasteiger partial charge in [-0.25, -0.2) is 0 Å². The van der Waals surface area contributed by atoms with Crippen molar-refractivity contribution in [1.29, 1.82) is 0 Å². The number of benzene rings is 4. The average molecular weight is 582 g/mol. The Morgan fingerprint density at radius 2 is 1.57 bits per heavy atom. The SMILES string of the molecule is COc1ccc(NC(=O)C(c2ccc(Cl)cc2)N(Cc2ccc(C)cc2)C(=O)CN2C(=O)C(=O)c3ccccc32)cc1. The van der Waals surface area contributed by atoms with Crippen LogP contribution in [0.2, 0.25) is 5.02 Å². The van der Waals surface area contributed by atoms with Crippen molar-refractivity contribution in [3.63, 3.8) is 0 Å². The van der Waals surface area contributed by atoms with Crippen LogP contribution in [0.3, 0.4) is 0 Å². The summed E-state index contributed by atoms with van der Waals surface area (Å²) in [6.07, 6.45) is 0. The van der Waals surface area contributed by atoms with E-state index < -0.39 is 36.1 Å². The van der Waals surface area contributed by atoms with Crippen LogP contribution in [0.25, 0.3) is 0 Å². The molecule has 42 heavy (non-hydrogen) atoms. The molecular formula is C33H28ClN3O5. The van der Waals surface area contributed by atoms with Crippen LogP contribution < -0.4 is 15.0 Å². The molecule has 3 amide bonds. The summed E-state index contributed by atoms with van der Waals surface area (Å²) in [4.78, 5) is 56.3. The number of ketones is 1. The molecule has 0 spiro atoms. The molecule has 212 valence electrons. The van der Waals surface area contributed by atoms with Crippen LogP contribution in [-0.4, -0.2) is 42.1 Å². The average Bonchev–Trinajstić information content (AvgIpc) is 3.24. The summed E-state index contributed by atoms with van der Waals surface area (Å²) >= 11 is 6.16. The van der Waals surface area contributed by atoms with Gasteiger partial charge in [-0.1, -0.05) is 65.7 Å². The number of halogens is 1. The Hall–Kier alpha value is -4.95. The number of carbonyl (C=O) groups is 4. The summed E-state index contributed by atoms with van der Waals surface area (Å²) < 4.78 is 5.22. The number of para-hydroxylation sites is 1. The highest BCUT2D eigenvalue weighted by Crippen LogP contribution is 2.31. The van der Waals surface area contributed by atoms with Gasteiger partial charge < -0.3 is 15.0 Å². The number of rotatable bonds is 9. The molecule has 0 radical (unpaired) electrons. The molecule has 0 saturated heterocycles. The maximum Gasteiger partial charge on any atom is 0.299 e. The van der Waals surface area contributed by atoms with Gasteiger partial charge in [0.1, 0.15) is 18.3 Å². The maximum atomic E-state index is 14.2. The molecule has 1 heterocycles. The predicted molar refractivity (Wildman–Crippen MR) is 161 cm³/mol. The molecule has 5 rings (SSSR count). The van der Waals surface area contributed by atoms with E-state index in [1.54, 1.807) is 79.9 Å². The van der Waals surface area contributed by atoms with Gasteiger partial charge in [0.15, 0.2) is 0 Å². The van der Waals surface area contributed by atoms with E-state index in [2.05, 4.69) is 5.32 Å². The van der Waals surface area contributed by atoms with Crippen molar-refractivity contribution in [2.75, 3.05) is 23.9 Å². The number of nitrogens with zero attached hydrogens (tertiary/aromatic N) is 2. The number of ether oxygens (including phenoxy) is 1. The van der Waals surface area contributed by atoms with Crippen molar-refractivity contribution in [2.45, 2.75) is 19.5 Å². The lowest BCUT2D eigenvalue weighted by atomic mass is 10.0. The molecule has 4 aromatic carbocycles. The number of fused-ring (bicyclic) bond motifs is 1. The number of aryl methyl sites for hydroxylation is 1. The zero-order valence-electron chi connectivity index (χ0n) is 23.0. The Morgan fingerprint density at radius 3 is 2.24 bits per heavy atom. The van der Waals surface area contributed by atoms with E-state index in [4.69, 9.17) is 16.3 Å². The van der Waals surface area contributed by atoms with Crippen LogP contribution in [-0.2, 0) is 20.9 Å². The third-order valence-electron chi connectivity index (χ3n) is 7.07. The topological polar surface area (TPSA) is 96.0 Å². The Morgan fingerprint density at radius 1 is 0.905 bits per heavy atom. The summed E-state index contributed by atoms with van der Waals surface area (Å²) in [7, 11) is 1.55. The minimum Gasteiger partial charge on any atom is -0.497 e. The molecule has 1 aliphatic rings. The normalized spacial score (nSPS) is 13.0. The molecule has 1 aliphatic heterocycles. The van der Waals surface area contributed by atoms with Crippen LogP contribution in [0.1, 0.15) is 33.1 Å². The summed E-state index contributed by atoms with van der Waals surface area (Å²) in [5.41, 5.74) is 3.47. The zero-order chi connectivity index (χ0) is 29.8. The highest BCUT2D eigenvalue weighted by molar-refractivity contribution is 6.52. The Kier molecular flexibility index (Phi) is 8.36. The fraction of sp³-hybridized carbons (Fsp3) is 0.152. The first-order chi connectivity index (χ1) is 20.2. The summed E-state index contributed by atoms with van der Waals surface area (Å²) in [6.45, 7) is 1.60. The van der Waals surface area contributed by atoms with Gasteiger partial charge in [0.05, 0.1) is 18.4 Å². The fourth-order valence-electron chi connectivity index (χ4n) is 4.85. The lowest BCUT2D eigenvalue weighted by Gasteiger charge is -2.33. The zero-order valence-corrected chi connectivity index (χ0v) is 23.8. The minimum absolute atomic E-state index is 0.0695. The van der Waals surface area contributed by atoms with Crippen molar-refractivity contribution < 1.29 is 23.9 Å². The molecule has 4 aromatic rings. The first kappa shape index (κ1) is 28.6. The van der Waals surface area contributed by atoms with Crippen LogP contribution >= 0.6 is 11.6 Å². The molecule has 8 nitrogen and oxygen atoms in total. The van der Waals surface area contributed by atoms with Gasteiger partial charge in [-0.05, 0) is 66.6 Å². The van der Waals surface area contributed by atoms with E-state index in [0.717, 1.165) is 11.1 Å². The van der Waals surface area contributed by atoms with Crippen molar-refractivity contribution in [3.05, 3.63) is 124 Å². The number of nitrogens with one attached hydrogen (secondary N) is 1. The van der Waals surface area contributed by atoms with Crippen LogP contribution in [0.5, 0.6) is 5.75 Å². The summed E-state index contributed by atoms with van der Waals surface area (Å²) in [6, 6.07) is 26.6. The molecule has 0 aromatic heterocycles. The van der Waals surface area contributed by atoms with E-state index in [1.807, 2.05) is 31.2 Å². The molecule has 1 unspecified atom stereocenters. The molecule has 1 atom stereocenters. The van der Waals surface area contributed by atoms with Gasteiger partial charge in [-0.2, -0.15) is 0 Å². The van der Waals surface area contributed by atoms with Gasteiger partial charge in [-0.15, -0.1) is 0 Å². The van der Waals surface area contributed by atoms with Crippen molar-refractivity contribution in [1.82, 2.24) is 4.90 Å². The van der Waals surface area contributed by atoms with E-state index in [9.17, 15) is 19.2 Å². The van der Waals surface area contributed by atoms with Crippen LogP contribution in [0, 0.1) is 6.92 Å². The monoisotopic (exact) mass is 581 g/mol. The summed E-state index contributed by atoms with van der Waals surface area (Å²) in [5, 5.41) is 3.38. The largest absolute Gasteiger partial charge is 0.497 e. The van der Waals surface area contributed by atoms with Gasteiger partial charge in [0.25, 0.3) is 17.6 Å². The maximum absolute atomic E-state index is 14.2. The highest BCUT2D eigenvalue weighted by Gasteiger charge is 2.39. The van der Waals surface area contributed by atoms with E-state index in [0.29, 0.717) is 27.7 Å². The predicted octanol–water partition coefficient (Wildman–Crippen LogP) is 5.60. The second-order valence-electron chi connectivity index (χ2n) is 9.92. The van der Waals surface area contributed by atoms with E-state index >= 15 is 0 Å². The van der Waals surface area contributed by atoms with Gasteiger partial charge in [0, 0.05) is 17.3 Å².